The highest BCUT2D eigenvalue weighted by Crippen LogP contribution is 2.18. The molecule has 0 bridgehead atoms. The van der Waals surface area contributed by atoms with Gasteiger partial charge in [-0.1, -0.05) is 0 Å². The molecular formula is C8H18BF4NO. The number of hydrogen-bond donors (Lipinski definition) is 0. The summed E-state index contributed by atoms with van der Waals surface area (Å²) in [5.41, 5.74) is 0. The zero-order chi connectivity index (χ0) is 11.9. The Morgan fingerprint density at radius 3 is 1.80 bits per heavy atom. The van der Waals surface area contributed by atoms with Crippen LogP contribution in [0.4, 0.5) is 17.3 Å². The van der Waals surface area contributed by atoms with Crippen LogP contribution in [0.5, 0.6) is 0 Å². The van der Waals surface area contributed by atoms with Gasteiger partial charge in [0.2, 0.25) is 0 Å². The third-order valence-corrected chi connectivity index (χ3v) is 2.59. The third-order valence-electron chi connectivity index (χ3n) is 2.59. The minimum absolute atomic E-state index is 0.913. The van der Waals surface area contributed by atoms with Crippen molar-refractivity contribution in [3.63, 3.8) is 0 Å². The quantitative estimate of drug-likeness (QED) is 0.412. The van der Waals surface area contributed by atoms with Gasteiger partial charge in [0.15, 0.2) is 6.73 Å². The molecule has 2 nitrogen and oxygen atoms in total. The molecule has 15 heavy (non-hydrogen) atoms. The number of likely N-dealkylation sites (tertiary alicyclic amines) is 1. The average Bonchev–Trinajstić information content (AvgIpc) is 2.51. The van der Waals surface area contributed by atoms with Gasteiger partial charge in [-0.3, -0.25) is 0 Å². The van der Waals surface area contributed by atoms with E-state index < -0.39 is 7.25 Å². The topological polar surface area (TPSA) is 9.23 Å². The molecule has 92 valence electrons. The van der Waals surface area contributed by atoms with E-state index in [0.29, 0.717) is 0 Å². The molecule has 0 atom stereocenters. The summed E-state index contributed by atoms with van der Waals surface area (Å²) in [6, 6.07) is 0. The van der Waals surface area contributed by atoms with Gasteiger partial charge in [-0.2, -0.15) is 0 Å². The van der Waals surface area contributed by atoms with Crippen LogP contribution >= 0.6 is 0 Å². The minimum Gasteiger partial charge on any atom is -0.418 e. The summed E-state index contributed by atoms with van der Waals surface area (Å²) in [4.78, 5) is 0. The van der Waals surface area contributed by atoms with E-state index in [1.807, 2.05) is 0 Å². The number of nitrogens with zero attached hydrogens (tertiary/aromatic N) is 1. The van der Waals surface area contributed by atoms with Crippen LogP contribution in [-0.2, 0) is 4.74 Å². The van der Waals surface area contributed by atoms with Gasteiger partial charge < -0.3 is 26.5 Å². The number of halogens is 4. The largest absolute Gasteiger partial charge is 0.673 e. The lowest BCUT2D eigenvalue weighted by atomic mass is 10.3. The van der Waals surface area contributed by atoms with E-state index >= 15 is 0 Å². The summed E-state index contributed by atoms with van der Waals surface area (Å²) in [6.07, 6.45) is 2.77. The van der Waals surface area contributed by atoms with Crippen molar-refractivity contribution < 1.29 is 26.5 Å². The maximum Gasteiger partial charge on any atom is 0.673 e. The van der Waals surface area contributed by atoms with Crippen LogP contribution in [0.3, 0.4) is 0 Å². The summed E-state index contributed by atoms with van der Waals surface area (Å²) in [7, 11) is -4.20. The Labute approximate surface area is 87.9 Å². The Bertz CT molecular complexity index is 165. The number of methoxy groups -OCH3 is 1. The highest BCUT2D eigenvalue weighted by molar-refractivity contribution is 6.50. The van der Waals surface area contributed by atoms with Crippen LogP contribution in [0.1, 0.15) is 19.8 Å². The first kappa shape index (κ1) is 14.7. The van der Waals surface area contributed by atoms with Gasteiger partial charge >= 0.3 is 7.25 Å². The zero-order valence-electron chi connectivity index (χ0n) is 9.19. The van der Waals surface area contributed by atoms with Crippen LogP contribution in [0.2, 0.25) is 0 Å². The molecule has 1 fully saturated rings. The zero-order valence-corrected chi connectivity index (χ0v) is 9.19. The van der Waals surface area contributed by atoms with Crippen LogP contribution in [0.15, 0.2) is 0 Å². The van der Waals surface area contributed by atoms with Crippen LogP contribution in [0.25, 0.3) is 0 Å². The Hall–Kier alpha value is -0.295. The lowest BCUT2D eigenvalue weighted by Crippen LogP contribution is -2.46. The predicted molar refractivity (Wildman–Crippen MR) is 51.8 cm³/mol. The smallest absolute Gasteiger partial charge is 0.418 e. The second kappa shape index (κ2) is 6.32. The van der Waals surface area contributed by atoms with E-state index in [9.17, 15) is 17.3 Å². The van der Waals surface area contributed by atoms with Crippen molar-refractivity contribution in [1.29, 1.82) is 0 Å². The molecule has 1 saturated heterocycles. The van der Waals surface area contributed by atoms with Crippen LogP contribution in [0, 0.1) is 0 Å². The molecule has 7 heteroatoms. The van der Waals surface area contributed by atoms with Crippen molar-refractivity contribution in [2.45, 2.75) is 19.8 Å². The summed E-state index contributed by atoms with van der Waals surface area (Å²) in [5.74, 6) is 0. The van der Waals surface area contributed by atoms with Gasteiger partial charge in [0.05, 0.1) is 19.6 Å². The summed E-state index contributed by atoms with van der Waals surface area (Å²) < 4.78 is 45.4. The van der Waals surface area contributed by atoms with Gasteiger partial charge in [-0.25, -0.2) is 0 Å². The fourth-order valence-corrected chi connectivity index (χ4v) is 1.82. The average molecular weight is 231 g/mol. The minimum atomic E-state index is -6.00. The highest BCUT2D eigenvalue weighted by atomic mass is 19.5. The van der Waals surface area contributed by atoms with Crippen molar-refractivity contribution in [2.24, 2.45) is 0 Å². The summed E-state index contributed by atoms with van der Waals surface area (Å²) in [6.45, 7) is 7.04. The van der Waals surface area contributed by atoms with Crippen molar-refractivity contribution in [2.75, 3.05) is 33.5 Å². The lowest BCUT2D eigenvalue weighted by molar-refractivity contribution is -0.932. The van der Waals surface area contributed by atoms with Gasteiger partial charge in [-0.15, -0.1) is 0 Å². The summed E-state index contributed by atoms with van der Waals surface area (Å²) in [5, 5.41) is 0. The molecule has 0 N–H and O–H groups in total. The van der Waals surface area contributed by atoms with Crippen LogP contribution in [-0.4, -0.2) is 45.2 Å². The summed E-state index contributed by atoms with van der Waals surface area (Å²) >= 11 is 0. The molecule has 1 heterocycles. The molecule has 0 radical (unpaired) electrons. The first-order valence-corrected chi connectivity index (χ1v) is 5.04. The fourth-order valence-electron chi connectivity index (χ4n) is 1.82. The molecule has 1 aliphatic heterocycles. The number of ether oxygens (including phenoxy) is 1. The third kappa shape index (κ3) is 7.61. The predicted octanol–water partition coefficient (Wildman–Crippen LogP) is 2.52. The molecule has 0 aromatic rings. The molecule has 0 unspecified atom stereocenters. The van der Waals surface area contributed by atoms with Gasteiger partial charge in [0.25, 0.3) is 0 Å². The molecule has 0 saturated carbocycles. The van der Waals surface area contributed by atoms with E-state index in [0.717, 1.165) is 6.73 Å². The van der Waals surface area contributed by atoms with E-state index in [1.54, 1.807) is 7.11 Å². The van der Waals surface area contributed by atoms with E-state index in [2.05, 4.69) is 6.92 Å². The molecule has 0 aliphatic carbocycles. The lowest BCUT2D eigenvalue weighted by Gasteiger charge is -2.31. The van der Waals surface area contributed by atoms with Gasteiger partial charge in [-0.05, 0) is 6.92 Å². The SMILES string of the molecule is CC[N+]1(COC)CCCC1.F[B-](F)(F)F. The normalized spacial score (nSPS) is 19.6. The Balaban J connectivity index is 0.000000336. The van der Waals surface area contributed by atoms with Crippen molar-refractivity contribution in [3.8, 4) is 0 Å². The van der Waals surface area contributed by atoms with E-state index in [1.165, 1.54) is 37.0 Å². The first-order chi connectivity index (χ1) is 6.83. The molecular weight excluding hydrogens is 213 g/mol. The number of rotatable bonds is 3. The maximum atomic E-state index is 9.75. The van der Waals surface area contributed by atoms with Gasteiger partial charge in [0.1, 0.15) is 0 Å². The Kier molecular flexibility index (Phi) is 6.20. The number of hydrogen-bond acceptors (Lipinski definition) is 1. The van der Waals surface area contributed by atoms with Crippen molar-refractivity contribution in [1.82, 2.24) is 0 Å². The molecule has 1 rings (SSSR count). The number of quaternary nitrogens is 1. The molecule has 0 amide bonds. The fraction of sp³-hybridized carbons (Fsp3) is 1.00. The Morgan fingerprint density at radius 2 is 1.53 bits per heavy atom. The van der Waals surface area contributed by atoms with E-state index in [4.69, 9.17) is 4.74 Å². The Morgan fingerprint density at radius 1 is 1.13 bits per heavy atom. The second-order valence-corrected chi connectivity index (χ2v) is 3.72. The highest BCUT2D eigenvalue weighted by Gasteiger charge is 2.29. The second-order valence-electron chi connectivity index (χ2n) is 3.72. The maximum absolute atomic E-state index is 9.75. The van der Waals surface area contributed by atoms with E-state index in [-0.39, 0.29) is 0 Å². The monoisotopic (exact) mass is 231 g/mol. The molecule has 0 aromatic heterocycles. The molecule has 1 aliphatic rings. The standard InChI is InChI=1S/C8H18NO.BF4/c1-3-9(8-10-2)6-4-5-7-9;2-1(3,4)5/h3-8H2,1-2H3;/q+1;-1. The molecule has 0 aromatic carbocycles. The van der Waals surface area contributed by atoms with Crippen molar-refractivity contribution in [3.05, 3.63) is 0 Å². The van der Waals surface area contributed by atoms with Gasteiger partial charge in [0, 0.05) is 20.0 Å². The van der Waals surface area contributed by atoms with Crippen LogP contribution < -0.4 is 0 Å². The first-order valence-electron chi connectivity index (χ1n) is 5.04. The van der Waals surface area contributed by atoms with Crippen molar-refractivity contribution >= 4 is 7.25 Å². The molecule has 0 spiro atoms.